The van der Waals surface area contributed by atoms with E-state index in [9.17, 15) is 9.59 Å². The number of carbonyl (C=O) groups excluding carboxylic acids is 1. The molecule has 0 radical (unpaired) electrons. The van der Waals surface area contributed by atoms with Gasteiger partial charge in [0.25, 0.3) is 5.91 Å². The van der Waals surface area contributed by atoms with Crippen molar-refractivity contribution in [3.8, 4) is 5.75 Å². The second-order valence-electron chi connectivity index (χ2n) is 4.77. The fourth-order valence-corrected chi connectivity index (χ4v) is 1.33. The summed E-state index contributed by atoms with van der Waals surface area (Å²) in [5.41, 5.74) is 0.384. The monoisotopic (exact) mass is 265 g/mol. The smallest absolute Gasteiger partial charge is 0.325 e. The van der Waals surface area contributed by atoms with Gasteiger partial charge in [-0.2, -0.15) is 0 Å². The van der Waals surface area contributed by atoms with Gasteiger partial charge in [0.2, 0.25) is 0 Å². The van der Waals surface area contributed by atoms with Gasteiger partial charge in [0, 0.05) is 5.56 Å². The summed E-state index contributed by atoms with van der Waals surface area (Å²) in [7, 11) is 0. The van der Waals surface area contributed by atoms with Crippen LogP contribution in [-0.4, -0.2) is 29.6 Å². The molecule has 0 spiro atoms. The Hall–Kier alpha value is -2.04. The molecule has 0 fully saturated rings. The molecule has 0 aromatic heterocycles. The van der Waals surface area contributed by atoms with Gasteiger partial charge in [0.05, 0.1) is 6.61 Å². The molecule has 0 saturated heterocycles. The van der Waals surface area contributed by atoms with E-state index >= 15 is 0 Å². The van der Waals surface area contributed by atoms with Gasteiger partial charge in [0.1, 0.15) is 11.8 Å². The van der Waals surface area contributed by atoms with Crippen LogP contribution in [0.25, 0.3) is 0 Å². The van der Waals surface area contributed by atoms with Crippen LogP contribution in [0.3, 0.4) is 0 Å². The third-order valence-electron chi connectivity index (χ3n) is 2.40. The van der Waals surface area contributed by atoms with Crippen LogP contribution in [-0.2, 0) is 4.79 Å². The Morgan fingerprint density at radius 2 is 2.00 bits per heavy atom. The van der Waals surface area contributed by atoms with Crippen LogP contribution in [0.4, 0.5) is 0 Å². The maximum Gasteiger partial charge on any atom is 0.325 e. The molecule has 0 saturated carbocycles. The number of carboxylic acids is 1. The average molecular weight is 265 g/mol. The first-order valence-electron chi connectivity index (χ1n) is 6.16. The molecule has 1 aromatic carbocycles. The number of amides is 1. The Balaban J connectivity index is 2.70. The van der Waals surface area contributed by atoms with E-state index in [0.717, 1.165) is 0 Å². The standard InChI is InChI=1S/C14H19NO4/c1-9(2)8-19-12-6-4-5-11(7-12)13(16)15-10(3)14(17)18/h4-7,9-10H,8H2,1-3H3,(H,15,16)(H,17,18)/t10-/m1/s1. The minimum Gasteiger partial charge on any atom is -0.493 e. The molecule has 104 valence electrons. The van der Waals surface area contributed by atoms with Crippen molar-refractivity contribution in [2.75, 3.05) is 6.61 Å². The second kappa shape index (κ2) is 6.78. The molecule has 0 unspecified atom stereocenters. The second-order valence-corrected chi connectivity index (χ2v) is 4.77. The summed E-state index contributed by atoms with van der Waals surface area (Å²) in [6.45, 7) is 6.05. The lowest BCUT2D eigenvalue weighted by molar-refractivity contribution is -0.138. The molecule has 19 heavy (non-hydrogen) atoms. The SMILES string of the molecule is CC(C)COc1cccc(C(=O)N[C@H](C)C(=O)O)c1. The van der Waals surface area contributed by atoms with Crippen LogP contribution in [0.15, 0.2) is 24.3 Å². The quantitative estimate of drug-likeness (QED) is 0.824. The van der Waals surface area contributed by atoms with E-state index in [2.05, 4.69) is 5.32 Å². The average Bonchev–Trinajstić information content (AvgIpc) is 2.36. The Kier molecular flexibility index (Phi) is 5.36. The molecule has 0 heterocycles. The maximum absolute atomic E-state index is 11.8. The van der Waals surface area contributed by atoms with E-state index < -0.39 is 17.9 Å². The van der Waals surface area contributed by atoms with Gasteiger partial charge in [0.15, 0.2) is 0 Å². The normalized spacial score (nSPS) is 12.0. The molecule has 5 nitrogen and oxygen atoms in total. The van der Waals surface area contributed by atoms with E-state index in [4.69, 9.17) is 9.84 Å². The Morgan fingerprint density at radius 1 is 1.32 bits per heavy atom. The van der Waals surface area contributed by atoms with Crippen LogP contribution in [0.2, 0.25) is 0 Å². The number of hydrogen-bond acceptors (Lipinski definition) is 3. The number of carboxylic acid groups (broad SMARTS) is 1. The van der Waals surface area contributed by atoms with Crippen molar-refractivity contribution in [1.29, 1.82) is 0 Å². The molecule has 1 amide bonds. The predicted molar refractivity (Wildman–Crippen MR) is 71.3 cm³/mol. The third kappa shape index (κ3) is 4.99. The fourth-order valence-electron chi connectivity index (χ4n) is 1.33. The number of carbonyl (C=O) groups is 2. The maximum atomic E-state index is 11.8. The highest BCUT2D eigenvalue weighted by Crippen LogP contribution is 2.14. The zero-order valence-corrected chi connectivity index (χ0v) is 11.3. The summed E-state index contributed by atoms with van der Waals surface area (Å²) in [5, 5.41) is 11.1. The van der Waals surface area contributed by atoms with Gasteiger partial charge < -0.3 is 15.2 Å². The van der Waals surface area contributed by atoms with Gasteiger partial charge in [-0.15, -0.1) is 0 Å². The van der Waals surface area contributed by atoms with Crippen LogP contribution >= 0.6 is 0 Å². The van der Waals surface area contributed by atoms with Crippen LogP contribution in [0.1, 0.15) is 31.1 Å². The summed E-state index contributed by atoms with van der Waals surface area (Å²) in [6.07, 6.45) is 0. The van der Waals surface area contributed by atoms with Crippen molar-refractivity contribution in [1.82, 2.24) is 5.32 Å². The molecule has 1 aromatic rings. The van der Waals surface area contributed by atoms with Gasteiger partial charge in [-0.25, -0.2) is 0 Å². The zero-order valence-electron chi connectivity index (χ0n) is 11.3. The highest BCUT2D eigenvalue weighted by Gasteiger charge is 2.15. The number of benzene rings is 1. The molecule has 0 aliphatic carbocycles. The van der Waals surface area contributed by atoms with Crippen molar-refractivity contribution >= 4 is 11.9 Å². The van der Waals surface area contributed by atoms with Gasteiger partial charge >= 0.3 is 5.97 Å². The number of aliphatic carboxylic acids is 1. The van der Waals surface area contributed by atoms with E-state index in [1.165, 1.54) is 6.92 Å². The minimum absolute atomic E-state index is 0.384. The first-order chi connectivity index (χ1) is 8.90. The van der Waals surface area contributed by atoms with Crippen LogP contribution in [0.5, 0.6) is 5.75 Å². The lowest BCUT2D eigenvalue weighted by Gasteiger charge is -2.11. The fraction of sp³-hybridized carbons (Fsp3) is 0.429. The molecule has 1 rings (SSSR count). The number of nitrogens with one attached hydrogen (secondary N) is 1. The largest absolute Gasteiger partial charge is 0.493 e. The molecular formula is C14H19NO4. The highest BCUT2D eigenvalue weighted by atomic mass is 16.5. The number of hydrogen-bond donors (Lipinski definition) is 2. The van der Waals surface area contributed by atoms with Crippen molar-refractivity contribution in [3.05, 3.63) is 29.8 Å². The Labute approximate surface area is 112 Å². The lowest BCUT2D eigenvalue weighted by Crippen LogP contribution is -2.38. The molecule has 0 bridgehead atoms. The van der Waals surface area contributed by atoms with Crippen molar-refractivity contribution in [2.45, 2.75) is 26.8 Å². The van der Waals surface area contributed by atoms with E-state index in [-0.39, 0.29) is 0 Å². The van der Waals surface area contributed by atoms with Crippen LogP contribution in [0, 0.1) is 5.92 Å². The summed E-state index contributed by atoms with van der Waals surface area (Å²) in [6, 6.07) is 5.77. The molecule has 0 aliphatic heterocycles. The van der Waals surface area contributed by atoms with Crippen molar-refractivity contribution in [3.63, 3.8) is 0 Å². The summed E-state index contributed by atoms with van der Waals surface area (Å²) >= 11 is 0. The topological polar surface area (TPSA) is 75.6 Å². The third-order valence-corrected chi connectivity index (χ3v) is 2.40. The first-order valence-corrected chi connectivity index (χ1v) is 6.16. The van der Waals surface area contributed by atoms with Crippen molar-refractivity contribution in [2.24, 2.45) is 5.92 Å². The summed E-state index contributed by atoms with van der Waals surface area (Å²) in [4.78, 5) is 22.5. The molecular weight excluding hydrogens is 246 g/mol. The summed E-state index contributed by atoms with van der Waals surface area (Å²) in [5.74, 6) is -0.501. The Morgan fingerprint density at radius 3 is 2.58 bits per heavy atom. The predicted octanol–water partition coefficient (Wildman–Crippen LogP) is 1.92. The van der Waals surface area contributed by atoms with Gasteiger partial charge in [-0.3, -0.25) is 9.59 Å². The Bertz CT molecular complexity index is 457. The van der Waals surface area contributed by atoms with Crippen LogP contribution < -0.4 is 10.1 Å². The molecule has 0 aliphatic rings. The van der Waals surface area contributed by atoms with Gasteiger partial charge in [-0.05, 0) is 31.0 Å². The number of ether oxygens (including phenoxy) is 1. The molecule has 2 N–H and O–H groups in total. The van der Waals surface area contributed by atoms with E-state index in [1.807, 2.05) is 13.8 Å². The van der Waals surface area contributed by atoms with Crippen molar-refractivity contribution < 1.29 is 19.4 Å². The van der Waals surface area contributed by atoms with E-state index in [0.29, 0.717) is 23.8 Å². The molecule has 5 heteroatoms. The van der Waals surface area contributed by atoms with E-state index in [1.54, 1.807) is 24.3 Å². The lowest BCUT2D eigenvalue weighted by atomic mass is 10.2. The van der Waals surface area contributed by atoms with Gasteiger partial charge in [-0.1, -0.05) is 19.9 Å². The number of rotatable bonds is 6. The minimum atomic E-state index is -1.07. The highest BCUT2D eigenvalue weighted by molar-refractivity contribution is 5.96. The first kappa shape index (κ1) is 15.0. The summed E-state index contributed by atoms with van der Waals surface area (Å²) < 4.78 is 5.51. The molecule has 1 atom stereocenters. The zero-order chi connectivity index (χ0) is 14.4.